The summed E-state index contributed by atoms with van der Waals surface area (Å²) in [6, 6.07) is 15.4. The normalized spacial score (nSPS) is 11.3. The third kappa shape index (κ3) is 8.35. The second-order valence-electron chi connectivity index (χ2n) is 7.91. The first-order valence-corrected chi connectivity index (χ1v) is 11.7. The summed E-state index contributed by atoms with van der Waals surface area (Å²) in [7, 11) is 1.49. The van der Waals surface area contributed by atoms with E-state index in [1.54, 1.807) is 12.1 Å². The molecule has 0 bridgehead atoms. The Morgan fingerprint density at radius 1 is 1.05 bits per heavy atom. The summed E-state index contributed by atoms with van der Waals surface area (Å²) in [5, 5.41) is 6.09. The van der Waals surface area contributed by atoms with Crippen LogP contribution in [0, 0.1) is 6.92 Å². The van der Waals surface area contributed by atoms with E-state index in [0.717, 1.165) is 29.3 Å². The van der Waals surface area contributed by atoms with Crippen LogP contribution in [0.4, 0.5) is 18.9 Å². The van der Waals surface area contributed by atoms with Gasteiger partial charge in [0.2, 0.25) is 11.8 Å². The lowest BCUT2D eigenvalue weighted by atomic mass is 10.2. The maximum absolute atomic E-state index is 12.8. The van der Waals surface area contributed by atoms with Gasteiger partial charge in [0.15, 0.2) is 11.5 Å². The van der Waals surface area contributed by atoms with Crippen LogP contribution in [0.1, 0.15) is 28.7 Å². The molecule has 0 aliphatic rings. The Balaban J connectivity index is 1.56. The minimum atomic E-state index is -4.55. The van der Waals surface area contributed by atoms with Crippen LogP contribution in [-0.2, 0) is 22.4 Å². The highest BCUT2D eigenvalue weighted by molar-refractivity contribution is 9.10. The number of benzene rings is 3. The standard InChI is InChI=1S/C26H23BrF3N3O4/c1-16-6-8-17(9-7-16)15-37-25-21(27)10-18(11-22(25)36-2)14-31-33-24(35)13-23(34)32-20-5-3-4-19(12-20)26(28,29)30/h3-12,14H,13,15H2,1-2H3,(H,32,34)(H,33,35). The molecule has 0 saturated carbocycles. The Bertz CT molecular complexity index is 1300. The average molecular weight is 578 g/mol. The Morgan fingerprint density at radius 3 is 2.46 bits per heavy atom. The molecule has 2 amide bonds. The molecule has 194 valence electrons. The number of carbonyl (C=O) groups excluding carboxylic acids is 2. The van der Waals surface area contributed by atoms with E-state index >= 15 is 0 Å². The predicted octanol–water partition coefficient (Wildman–Crippen LogP) is 5.84. The first kappa shape index (κ1) is 27.7. The lowest BCUT2D eigenvalue weighted by molar-refractivity contribution is -0.137. The van der Waals surface area contributed by atoms with Gasteiger partial charge in [0.1, 0.15) is 13.0 Å². The Morgan fingerprint density at radius 2 is 1.78 bits per heavy atom. The molecule has 3 rings (SSSR count). The van der Waals surface area contributed by atoms with Gasteiger partial charge in [-0.2, -0.15) is 18.3 Å². The quantitative estimate of drug-likeness (QED) is 0.190. The van der Waals surface area contributed by atoms with E-state index in [9.17, 15) is 22.8 Å². The highest BCUT2D eigenvalue weighted by Crippen LogP contribution is 2.37. The number of alkyl halides is 3. The van der Waals surface area contributed by atoms with Crippen molar-refractivity contribution in [1.82, 2.24) is 5.43 Å². The van der Waals surface area contributed by atoms with E-state index in [0.29, 0.717) is 28.1 Å². The number of amides is 2. The van der Waals surface area contributed by atoms with Gasteiger partial charge in [-0.25, -0.2) is 5.43 Å². The van der Waals surface area contributed by atoms with Crippen molar-refractivity contribution in [3.8, 4) is 11.5 Å². The molecule has 0 saturated heterocycles. The summed E-state index contributed by atoms with van der Waals surface area (Å²) in [6.07, 6.45) is -3.83. The Kier molecular flexibility index (Phi) is 9.29. The minimum absolute atomic E-state index is 0.0715. The van der Waals surface area contributed by atoms with Gasteiger partial charge >= 0.3 is 6.18 Å². The molecule has 3 aromatic rings. The van der Waals surface area contributed by atoms with Gasteiger partial charge < -0.3 is 14.8 Å². The van der Waals surface area contributed by atoms with E-state index in [2.05, 4.69) is 31.8 Å². The summed E-state index contributed by atoms with van der Waals surface area (Å²) < 4.78 is 50.3. The molecule has 0 radical (unpaired) electrons. The van der Waals surface area contributed by atoms with Crippen molar-refractivity contribution in [3.05, 3.63) is 87.4 Å². The van der Waals surface area contributed by atoms with E-state index in [4.69, 9.17) is 9.47 Å². The fourth-order valence-corrected chi connectivity index (χ4v) is 3.71. The number of hydrogen-bond donors (Lipinski definition) is 2. The third-order valence-electron chi connectivity index (χ3n) is 4.95. The number of nitrogens with one attached hydrogen (secondary N) is 2. The number of halogens is 4. The second kappa shape index (κ2) is 12.4. The van der Waals surface area contributed by atoms with Gasteiger partial charge in [0, 0.05) is 5.69 Å². The van der Waals surface area contributed by atoms with Gasteiger partial charge in [-0.3, -0.25) is 9.59 Å². The van der Waals surface area contributed by atoms with Crippen LogP contribution in [0.3, 0.4) is 0 Å². The van der Waals surface area contributed by atoms with E-state index in [-0.39, 0.29) is 5.69 Å². The molecule has 0 spiro atoms. The van der Waals surface area contributed by atoms with E-state index < -0.39 is 30.0 Å². The molecule has 0 aromatic heterocycles. The molecule has 11 heteroatoms. The van der Waals surface area contributed by atoms with Crippen molar-refractivity contribution in [2.24, 2.45) is 5.10 Å². The molecule has 2 N–H and O–H groups in total. The van der Waals surface area contributed by atoms with Crippen LogP contribution < -0.4 is 20.2 Å². The van der Waals surface area contributed by atoms with Crippen molar-refractivity contribution in [1.29, 1.82) is 0 Å². The van der Waals surface area contributed by atoms with Crippen LogP contribution >= 0.6 is 15.9 Å². The molecule has 37 heavy (non-hydrogen) atoms. The zero-order valence-electron chi connectivity index (χ0n) is 19.9. The number of rotatable bonds is 9. The van der Waals surface area contributed by atoms with Gasteiger partial charge in [-0.15, -0.1) is 0 Å². The van der Waals surface area contributed by atoms with Crippen LogP contribution in [-0.4, -0.2) is 25.1 Å². The summed E-state index contributed by atoms with van der Waals surface area (Å²) >= 11 is 3.45. The molecule has 0 heterocycles. The van der Waals surface area contributed by atoms with Gasteiger partial charge in [-0.1, -0.05) is 35.9 Å². The third-order valence-corrected chi connectivity index (χ3v) is 5.54. The lowest BCUT2D eigenvalue weighted by Crippen LogP contribution is -2.24. The topological polar surface area (TPSA) is 89.0 Å². The first-order valence-electron chi connectivity index (χ1n) is 10.9. The van der Waals surface area contributed by atoms with Crippen LogP contribution in [0.5, 0.6) is 11.5 Å². The molecule has 7 nitrogen and oxygen atoms in total. The number of anilines is 1. The smallest absolute Gasteiger partial charge is 0.416 e. The number of ether oxygens (including phenoxy) is 2. The molecular weight excluding hydrogens is 555 g/mol. The fraction of sp³-hybridized carbons (Fsp3) is 0.192. The highest BCUT2D eigenvalue weighted by Gasteiger charge is 2.30. The SMILES string of the molecule is COc1cc(C=NNC(=O)CC(=O)Nc2cccc(C(F)(F)F)c2)cc(Br)c1OCc1ccc(C)cc1. The molecule has 0 fully saturated rings. The fourth-order valence-electron chi connectivity index (χ4n) is 3.14. The number of methoxy groups -OCH3 is 1. The Hall–Kier alpha value is -3.86. The average Bonchev–Trinajstić information content (AvgIpc) is 2.83. The van der Waals surface area contributed by atoms with Crippen molar-refractivity contribution in [2.75, 3.05) is 12.4 Å². The summed E-state index contributed by atoms with van der Waals surface area (Å²) in [4.78, 5) is 24.0. The Labute approximate surface area is 219 Å². The largest absolute Gasteiger partial charge is 0.493 e. The molecule has 0 aliphatic heterocycles. The number of hydrogen-bond acceptors (Lipinski definition) is 5. The number of nitrogens with zero attached hydrogens (tertiary/aromatic N) is 1. The van der Waals surface area contributed by atoms with E-state index in [1.165, 1.54) is 19.4 Å². The molecular formula is C26H23BrF3N3O4. The zero-order valence-corrected chi connectivity index (χ0v) is 21.4. The van der Waals surface area contributed by atoms with Crippen molar-refractivity contribution in [3.63, 3.8) is 0 Å². The monoisotopic (exact) mass is 577 g/mol. The minimum Gasteiger partial charge on any atom is -0.493 e. The molecule has 0 aliphatic carbocycles. The zero-order chi connectivity index (χ0) is 27.0. The molecule has 0 atom stereocenters. The van der Waals surface area contributed by atoms with Gasteiger partial charge in [0.05, 0.1) is 23.4 Å². The van der Waals surface area contributed by atoms with Gasteiger partial charge in [-0.05, 0) is 64.3 Å². The second-order valence-corrected chi connectivity index (χ2v) is 8.76. The molecule has 0 unspecified atom stereocenters. The summed E-state index contributed by atoms with van der Waals surface area (Å²) in [5.41, 5.74) is 3.94. The van der Waals surface area contributed by atoms with E-state index in [1.807, 2.05) is 31.2 Å². The molecule has 3 aromatic carbocycles. The number of carbonyl (C=O) groups is 2. The van der Waals surface area contributed by atoms with Crippen molar-refractivity contribution in [2.45, 2.75) is 26.1 Å². The summed E-state index contributed by atoms with van der Waals surface area (Å²) in [6.45, 7) is 2.34. The lowest BCUT2D eigenvalue weighted by Gasteiger charge is -2.13. The van der Waals surface area contributed by atoms with Crippen LogP contribution in [0.15, 0.2) is 70.2 Å². The van der Waals surface area contributed by atoms with Crippen LogP contribution in [0.25, 0.3) is 0 Å². The van der Waals surface area contributed by atoms with Crippen molar-refractivity contribution < 1.29 is 32.2 Å². The number of hydrazone groups is 1. The van der Waals surface area contributed by atoms with Crippen LogP contribution in [0.2, 0.25) is 0 Å². The maximum Gasteiger partial charge on any atom is 0.416 e. The predicted molar refractivity (Wildman–Crippen MR) is 137 cm³/mol. The number of aryl methyl sites for hydroxylation is 1. The maximum atomic E-state index is 12.8. The first-order chi connectivity index (χ1) is 17.5. The summed E-state index contributed by atoms with van der Waals surface area (Å²) in [5.74, 6) is -0.596. The highest BCUT2D eigenvalue weighted by atomic mass is 79.9. The van der Waals surface area contributed by atoms with Crippen molar-refractivity contribution >= 4 is 39.6 Å². The van der Waals surface area contributed by atoms with Gasteiger partial charge in [0.25, 0.3) is 0 Å².